The first-order valence-corrected chi connectivity index (χ1v) is 10.1. The predicted molar refractivity (Wildman–Crippen MR) is 120 cm³/mol. The number of hydrogen-bond acceptors (Lipinski definition) is 2. The molecular formula is C27H20FN3. The van der Waals surface area contributed by atoms with E-state index in [1.54, 1.807) is 6.20 Å². The molecule has 0 atom stereocenters. The second kappa shape index (κ2) is 8.00. The number of benzene rings is 3. The summed E-state index contributed by atoms with van der Waals surface area (Å²) in [6.07, 6.45) is 6.60. The summed E-state index contributed by atoms with van der Waals surface area (Å²) in [6, 6.07) is 32.5. The second-order valence-electron chi connectivity index (χ2n) is 7.37. The number of imidazole rings is 1. The van der Waals surface area contributed by atoms with Crippen molar-refractivity contribution in [3.8, 4) is 11.3 Å². The van der Waals surface area contributed by atoms with Crippen molar-refractivity contribution >= 4 is 0 Å². The Bertz CT molecular complexity index is 1190. The molecule has 4 heteroatoms. The molecule has 0 amide bonds. The van der Waals surface area contributed by atoms with Gasteiger partial charge in [-0.25, -0.2) is 9.37 Å². The van der Waals surface area contributed by atoms with E-state index in [1.807, 2.05) is 67.1 Å². The lowest BCUT2D eigenvalue weighted by molar-refractivity contribution is 0.515. The van der Waals surface area contributed by atoms with Crippen LogP contribution in [0.5, 0.6) is 0 Å². The SMILES string of the molecule is Fc1cncc(-c2cn(C(c3ccccc3)(c3ccccc3)c3ccccc3)cn2)c1. The van der Waals surface area contributed by atoms with E-state index >= 15 is 0 Å². The van der Waals surface area contributed by atoms with Crippen LogP contribution < -0.4 is 0 Å². The van der Waals surface area contributed by atoms with Crippen LogP contribution in [0.2, 0.25) is 0 Å². The number of pyridine rings is 1. The summed E-state index contributed by atoms with van der Waals surface area (Å²) in [5, 5.41) is 0. The number of nitrogens with zero attached hydrogens (tertiary/aromatic N) is 3. The van der Waals surface area contributed by atoms with Gasteiger partial charge in [0.2, 0.25) is 0 Å². The van der Waals surface area contributed by atoms with Crippen molar-refractivity contribution in [3.05, 3.63) is 144 Å². The van der Waals surface area contributed by atoms with Gasteiger partial charge in [-0.15, -0.1) is 0 Å². The molecule has 0 spiro atoms. The molecule has 0 fully saturated rings. The Labute approximate surface area is 180 Å². The van der Waals surface area contributed by atoms with Crippen LogP contribution >= 0.6 is 0 Å². The summed E-state index contributed by atoms with van der Waals surface area (Å²) in [6.45, 7) is 0. The molecule has 0 saturated carbocycles. The lowest BCUT2D eigenvalue weighted by atomic mass is 9.77. The van der Waals surface area contributed by atoms with E-state index in [2.05, 4.69) is 50.9 Å². The van der Waals surface area contributed by atoms with E-state index in [-0.39, 0.29) is 5.82 Å². The molecule has 0 unspecified atom stereocenters. The fraction of sp³-hybridized carbons (Fsp3) is 0.0370. The molecule has 0 aliphatic carbocycles. The fourth-order valence-electron chi connectivity index (χ4n) is 4.19. The molecule has 31 heavy (non-hydrogen) atoms. The van der Waals surface area contributed by atoms with Gasteiger partial charge in [0.25, 0.3) is 0 Å². The van der Waals surface area contributed by atoms with Crippen LogP contribution in [0, 0.1) is 5.82 Å². The molecule has 0 saturated heterocycles. The van der Waals surface area contributed by atoms with Crippen LogP contribution in [0.15, 0.2) is 122 Å². The molecule has 0 bridgehead atoms. The zero-order valence-electron chi connectivity index (χ0n) is 16.8. The van der Waals surface area contributed by atoms with Gasteiger partial charge in [0.15, 0.2) is 0 Å². The van der Waals surface area contributed by atoms with Crippen LogP contribution in [0.4, 0.5) is 4.39 Å². The van der Waals surface area contributed by atoms with Gasteiger partial charge in [-0.05, 0) is 22.8 Å². The molecule has 2 aromatic heterocycles. The summed E-state index contributed by atoms with van der Waals surface area (Å²) in [5.41, 5.74) is 3.98. The Balaban J connectivity index is 1.81. The predicted octanol–water partition coefficient (Wildman–Crippen LogP) is 5.92. The summed E-state index contributed by atoms with van der Waals surface area (Å²) in [5.74, 6) is -0.382. The number of halogens is 1. The normalized spacial score (nSPS) is 11.4. The molecule has 0 aliphatic heterocycles. The van der Waals surface area contributed by atoms with E-state index in [0.29, 0.717) is 11.3 Å². The van der Waals surface area contributed by atoms with Gasteiger partial charge in [0.05, 0.1) is 18.2 Å². The molecule has 0 N–H and O–H groups in total. The highest BCUT2D eigenvalue weighted by Gasteiger charge is 2.38. The molecule has 0 aliphatic rings. The standard InChI is InChI=1S/C27H20FN3/c28-25-16-21(17-29-18-25)26-19-31(20-30-26)27(22-10-4-1-5-11-22,23-12-6-2-7-13-23)24-14-8-3-9-15-24/h1-20H. The Morgan fingerprint density at radius 3 is 1.68 bits per heavy atom. The quantitative estimate of drug-likeness (QED) is 0.340. The van der Waals surface area contributed by atoms with Crippen molar-refractivity contribution in [2.24, 2.45) is 0 Å². The maximum Gasteiger partial charge on any atom is 0.142 e. The highest BCUT2D eigenvalue weighted by Crippen LogP contribution is 2.41. The van der Waals surface area contributed by atoms with Crippen LogP contribution in [-0.4, -0.2) is 14.5 Å². The monoisotopic (exact) mass is 405 g/mol. The minimum atomic E-state index is -0.643. The Hall–Kier alpha value is -4.05. The third-order valence-corrected chi connectivity index (χ3v) is 5.55. The largest absolute Gasteiger partial charge is 0.318 e. The zero-order valence-corrected chi connectivity index (χ0v) is 16.8. The Morgan fingerprint density at radius 1 is 0.677 bits per heavy atom. The zero-order chi connectivity index (χ0) is 21.1. The fourth-order valence-corrected chi connectivity index (χ4v) is 4.19. The Kier molecular flexibility index (Phi) is 4.89. The molecule has 3 nitrogen and oxygen atoms in total. The second-order valence-corrected chi connectivity index (χ2v) is 7.37. The van der Waals surface area contributed by atoms with Crippen molar-refractivity contribution in [1.29, 1.82) is 0 Å². The molecule has 150 valence electrons. The van der Waals surface area contributed by atoms with E-state index in [1.165, 1.54) is 12.3 Å². The maximum absolute atomic E-state index is 13.8. The molecule has 3 aromatic carbocycles. The van der Waals surface area contributed by atoms with Gasteiger partial charge in [-0.2, -0.15) is 0 Å². The lowest BCUT2D eigenvalue weighted by Crippen LogP contribution is -2.36. The molecular weight excluding hydrogens is 385 g/mol. The summed E-state index contributed by atoms with van der Waals surface area (Å²) in [7, 11) is 0. The maximum atomic E-state index is 13.8. The van der Waals surface area contributed by atoms with Crippen molar-refractivity contribution in [1.82, 2.24) is 14.5 Å². The van der Waals surface area contributed by atoms with Gasteiger partial charge in [-0.3, -0.25) is 4.98 Å². The summed E-state index contributed by atoms with van der Waals surface area (Å²) >= 11 is 0. The van der Waals surface area contributed by atoms with E-state index in [0.717, 1.165) is 16.7 Å². The van der Waals surface area contributed by atoms with Crippen LogP contribution in [-0.2, 0) is 5.54 Å². The minimum Gasteiger partial charge on any atom is -0.318 e. The van der Waals surface area contributed by atoms with Gasteiger partial charge < -0.3 is 4.57 Å². The topological polar surface area (TPSA) is 30.7 Å². The van der Waals surface area contributed by atoms with Crippen LogP contribution in [0.3, 0.4) is 0 Å². The third-order valence-electron chi connectivity index (χ3n) is 5.55. The van der Waals surface area contributed by atoms with Gasteiger partial charge in [-0.1, -0.05) is 91.0 Å². The molecule has 0 radical (unpaired) electrons. The van der Waals surface area contributed by atoms with Crippen molar-refractivity contribution in [2.45, 2.75) is 5.54 Å². The van der Waals surface area contributed by atoms with Crippen molar-refractivity contribution < 1.29 is 4.39 Å². The van der Waals surface area contributed by atoms with Gasteiger partial charge in [0.1, 0.15) is 11.4 Å². The van der Waals surface area contributed by atoms with Crippen molar-refractivity contribution in [3.63, 3.8) is 0 Å². The molecule has 5 rings (SSSR count). The van der Waals surface area contributed by atoms with Crippen LogP contribution in [0.25, 0.3) is 11.3 Å². The highest BCUT2D eigenvalue weighted by molar-refractivity contribution is 5.58. The summed E-state index contributed by atoms with van der Waals surface area (Å²) in [4.78, 5) is 8.61. The number of aromatic nitrogens is 3. The average Bonchev–Trinajstić information content (AvgIpc) is 3.32. The third kappa shape index (κ3) is 3.32. The average molecular weight is 405 g/mol. The van der Waals surface area contributed by atoms with Crippen molar-refractivity contribution in [2.75, 3.05) is 0 Å². The number of rotatable bonds is 5. The smallest absolute Gasteiger partial charge is 0.142 e. The van der Waals surface area contributed by atoms with E-state index in [9.17, 15) is 4.39 Å². The van der Waals surface area contributed by atoms with Gasteiger partial charge in [0, 0.05) is 18.0 Å². The van der Waals surface area contributed by atoms with Gasteiger partial charge >= 0.3 is 0 Å². The molecule has 5 aromatic rings. The highest BCUT2D eigenvalue weighted by atomic mass is 19.1. The first-order valence-electron chi connectivity index (χ1n) is 10.1. The van der Waals surface area contributed by atoms with E-state index < -0.39 is 5.54 Å². The number of hydrogen-bond donors (Lipinski definition) is 0. The lowest BCUT2D eigenvalue weighted by Gasteiger charge is -2.37. The minimum absolute atomic E-state index is 0.382. The van der Waals surface area contributed by atoms with E-state index in [4.69, 9.17) is 0 Å². The summed E-state index contributed by atoms with van der Waals surface area (Å²) < 4.78 is 15.9. The van der Waals surface area contributed by atoms with Crippen LogP contribution in [0.1, 0.15) is 16.7 Å². The first-order chi connectivity index (χ1) is 15.3. The Morgan fingerprint density at radius 2 is 1.19 bits per heavy atom. The first kappa shape index (κ1) is 18.9. The molecule has 2 heterocycles.